The zero-order valence-corrected chi connectivity index (χ0v) is 6.16. The largest absolute Gasteiger partial charge is 0.354 e. The minimum absolute atomic E-state index is 0.0121. The van der Waals surface area contributed by atoms with Crippen LogP contribution in [-0.2, 0) is 11.7 Å². The third-order valence-corrected chi connectivity index (χ3v) is 1.47. The maximum Gasteiger partial charge on any atom is 0.0864 e. The summed E-state index contributed by atoms with van der Waals surface area (Å²) in [6.45, 7) is 2.82. The molecule has 0 aliphatic rings. The van der Waals surface area contributed by atoms with Gasteiger partial charge in [0.25, 0.3) is 0 Å². The lowest BCUT2D eigenvalue weighted by atomic mass is 10.2. The third kappa shape index (κ3) is 1.88. The quantitative estimate of drug-likeness (QED) is 0.605. The van der Waals surface area contributed by atoms with Gasteiger partial charge in [0.2, 0.25) is 0 Å². The van der Waals surface area contributed by atoms with Crippen LogP contribution in [0.1, 0.15) is 6.92 Å². The Kier molecular flexibility index (Phi) is 2.51. The van der Waals surface area contributed by atoms with Gasteiger partial charge in [-0.15, -0.1) is 0 Å². The van der Waals surface area contributed by atoms with Crippen LogP contribution in [0.2, 0.25) is 0 Å². The van der Waals surface area contributed by atoms with Gasteiger partial charge in [-0.1, -0.05) is 6.92 Å². The molecule has 1 rings (SSSR count). The normalized spacial score (nSPS) is 13.4. The summed E-state index contributed by atoms with van der Waals surface area (Å²) in [5.74, 6) is 0.243. The predicted octanol–water partition coefficient (Wildman–Crippen LogP) is 1.55. The van der Waals surface area contributed by atoms with Crippen LogP contribution in [0, 0.1) is 5.92 Å². The minimum Gasteiger partial charge on any atom is -0.354 e. The van der Waals surface area contributed by atoms with Crippen LogP contribution in [0.15, 0.2) is 24.5 Å². The Morgan fingerprint density at radius 3 is 2.50 bits per heavy atom. The average molecular weight is 138 g/mol. The molecule has 0 aromatic carbocycles. The van der Waals surface area contributed by atoms with Crippen molar-refractivity contribution in [3.63, 3.8) is 0 Å². The average Bonchev–Trinajstić information content (AvgIpc) is 2.40. The molecule has 0 saturated carbocycles. The van der Waals surface area contributed by atoms with E-state index < -0.39 is 0 Å². The van der Waals surface area contributed by atoms with Crippen molar-refractivity contribution >= 4 is 0 Å². The Balaban J connectivity index is 2.40. The second-order valence-corrected chi connectivity index (χ2v) is 2.65. The lowest BCUT2D eigenvalue weighted by molar-refractivity contribution is 0.142. The number of nitrogens with zero attached hydrogens (tertiary/aromatic N) is 1. The van der Waals surface area contributed by atoms with E-state index in [-0.39, 0.29) is 12.5 Å². The highest BCUT2D eigenvalue weighted by Gasteiger charge is 1.99. The number of hydrogen-bond donors (Lipinski definition) is 0. The van der Waals surface area contributed by atoms with E-state index >= 15 is 0 Å². The zero-order valence-electron chi connectivity index (χ0n) is 6.16. The summed E-state index contributed by atoms with van der Waals surface area (Å²) in [6.07, 6.45) is 3.96. The van der Waals surface area contributed by atoms with E-state index in [0.717, 1.165) is 6.54 Å². The fourth-order valence-corrected chi connectivity index (χ4v) is 0.904. The molecular formula is C8H12NO. The maximum atomic E-state index is 10.3. The van der Waals surface area contributed by atoms with E-state index in [2.05, 4.69) is 0 Å². The first kappa shape index (κ1) is 7.35. The van der Waals surface area contributed by atoms with Gasteiger partial charge in [-0.2, -0.15) is 0 Å². The van der Waals surface area contributed by atoms with Gasteiger partial charge in [0.05, 0.1) is 6.61 Å². The molecule has 10 heavy (non-hydrogen) atoms. The molecule has 0 aliphatic carbocycles. The van der Waals surface area contributed by atoms with Gasteiger partial charge in [-0.3, -0.25) is 0 Å². The molecule has 55 valence electrons. The van der Waals surface area contributed by atoms with Crippen molar-refractivity contribution in [2.24, 2.45) is 5.92 Å². The van der Waals surface area contributed by atoms with Crippen molar-refractivity contribution in [3.8, 4) is 0 Å². The lowest BCUT2D eigenvalue weighted by Gasteiger charge is -2.06. The maximum absolute atomic E-state index is 10.3. The molecule has 0 spiro atoms. The van der Waals surface area contributed by atoms with Gasteiger partial charge in [-0.05, 0) is 12.1 Å². The molecule has 1 heterocycles. The molecule has 1 radical (unpaired) electrons. The summed E-state index contributed by atoms with van der Waals surface area (Å²) in [5.41, 5.74) is 0. The first-order valence-corrected chi connectivity index (χ1v) is 3.52. The Morgan fingerprint density at radius 2 is 2.00 bits per heavy atom. The van der Waals surface area contributed by atoms with Crippen LogP contribution >= 0.6 is 0 Å². The lowest BCUT2D eigenvalue weighted by Crippen LogP contribution is -2.08. The van der Waals surface area contributed by atoms with Crippen molar-refractivity contribution < 1.29 is 5.11 Å². The van der Waals surface area contributed by atoms with Crippen LogP contribution in [0.5, 0.6) is 0 Å². The Morgan fingerprint density at radius 1 is 1.40 bits per heavy atom. The SMILES string of the molecule is CC(C[O])Cn1cccc1. The van der Waals surface area contributed by atoms with E-state index in [9.17, 15) is 5.11 Å². The molecule has 0 amide bonds. The predicted molar refractivity (Wildman–Crippen MR) is 39.1 cm³/mol. The van der Waals surface area contributed by atoms with Crippen LogP contribution in [0.4, 0.5) is 0 Å². The van der Waals surface area contributed by atoms with Crippen molar-refractivity contribution in [3.05, 3.63) is 24.5 Å². The van der Waals surface area contributed by atoms with Crippen LogP contribution < -0.4 is 0 Å². The topological polar surface area (TPSA) is 24.8 Å². The van der Waals surface area contributed by atoms with Gasteiger partial charge >= 0.3 is 0 Å². The molecule has 0 aliphatic heterocycles. The second kappa shape index (κ2) is 3.42. The third-order valence-electron chi connectivity index (χ3n) is 1.47. The molecule has 0 saturated heterocycles. The van der Waals surface area contributed by atoms with Crippen molar-refractivity contribution in [2.45, 2.75) is 13.5 Å². The van der Waals surface area contributed by atoms with Gasteiger partial charge in [-0.25, -0.2) is 5.11 Å². The van der Waals surface area contributed by atoms with Crippen molar-refractivity contribution in [1.29, 1.82) is 0 Å². The molecular weight excluding hydrogens is 126 g/mol. The summed E-state index contributed by atoms with van der Waals surface area (Å²) in [6, 6.07) is 3.94. The molecule has 1 aromatic rings. The molecule has 0 bridgehead atoms. The zero-order chi connectivity index (χ0) is 7.40. The van der Waals surface area contributed by atoms with Gasteiger partial charge in [0.1, 0.15) is 0 Å². The number of hydrogen-bond acceptors (Lipinski definition) is 0. The Hall–Kier alpha value is -0.760. The summed E-state index contributed by atoms with van der Waals surface area (Å²) in [7, 11) is 0. The highest BCUT2D eigenvalue weighted by molar-refractivity contribution is 4.90. The smallest absolute Gasteiger partial charge is 0.0864 e. The highest BCUT2D eigenvalue weighted by Crippen LogP contribution is 1.99. The monoisotopic (exact) mass is 138 g/mol. The standard InChI is InChI=1S/C8H12NO/c1-8(7-10)6-9-4-2-3-5-9/h2-5,8H,6-7H2,1H3. The summed E-state index contributed by atoms with van der Waals surface area (Å²) >= 11 is 0. The Bertz CT molecular complexity index is 169. The highest BCUT2D eigenvalue weighted by atomic mass is 16.3. The van der Waals surface area contributed by atoms with Crippen LogP contribution in [-0.4, -0.2) is 11.2 Å². The van der Waals surface area contributed by atoms with Crippen LogP contribution in [0.3, 0.4) is 0 Å². The molecule has 0 N–H and O–H groups in total. The molecule has 2 heteroatoms. The second-order valence-electron chi connectivity index (χ2n) is 2.65. The minimum atomic E-state index is 0.0121. The van der Waals surface area contributed by atoms with Gasteiger partial charge in [0.15, 0.2) is 0 Å². The van der Waals surface area contributed by atoms with E-state index in [1.807, 2.05) is 36.0 Å². The Labute approximate surface area is 61.1 Å². The van der Waals surface area contributed by atoms with E-state index in [1.165, 1.54) is 0 Å². The van der Waals surface area contributed by atoms with Crippen molar-refractivity contribution in [2.75, 3.05) is 6.61 Å². The summed E-state index contributed by atoms with van der Waals surface area (Å²) in [5, 5.41) is 10.3. The van der Waals surface area contributed by atoms with E-state index in [0.29, 0.717) is 0 Å². The van der Waals surface area contributed by atoms with Gasteiger partial charge in [0, 0.05) is 24.9 Å². The first-order chi connectivity index (χ1) is 4.83. The van der Waals surface area contributed by atoms with Crippen molar-refractivity contribution in [1.82, 2.24) is 4.57 Å². The van der Waals surface area contributed by atoms with Crippen LogP contribution in [0.25, 0.3) is 0 Å². The number of aromatic nitrogens is 1. The van der Waals surface area contributed by atoms with E-state index in [4.69, 9.17) is 0 Å². The molecule has 0 fully saturated rings. The first-order valence-electron chi connectivity index (χ1n) is 3.52. The summed E-state index contributed by atoms with van der Waals surface area (Å²) in [4.78, 5) is 0. The fraction of sp³-hybridized carbons (Fsp3) is 0.500. The molecule has 2 nitrogen and oxygen atoms in total. The van der Waals surface area contributed by atoms with Gasteiger partial charge < -0.3 is 4.57 Å². The summed E-state index contributed by atoms with van der Waals surface area (Å²) < 4.78 is 2.03. The fourth-order valence-electron chi connectivity index (χ4n) is 0.904. The van der Waals surface area contributed by atoms with E-state index in [1.54, 1.807) is 0 Å². The molecule has 1 unspecified atom stereocenters. The molecule has 1 aromatic heterocycles. The molecule has 1 atom stereocenters. The number of rotatable bonds is 3.